The number of hydrogen-bond acceptors (Lipinski definition) is 2. The molecular formula is C14H19Cl2NS2. The van der Waals surface area contributed by atoms with Crippen molar-refractivity contribution < 1.29 is 0 Å². The van der Waals surface area contributed by atoms with Crippen LogP contribution in [0.2, 0.25) is 9.36 Å². The summed E-state index contributed by atoms with van der Waals surface area (Å²) in [7, 11) is 0. The number of rotatable bonds is 6. The first-order valence-corrected chi connectivity index (χ1v) is 8.33. The maximum absolute atomic E-state index is 6.10. The summed E-state index contributed by atoms with van der Waals surface area (Å²) in [6, 6.07) is 0.214. The Morgan fingerprint density at radius 2 is 2.05 bits per heavy atom. The summed E-state index contributed by atoms with van der Waals surface area (Å²) in [4.78, 5) is 1.66. The molecule has 1 atom stereocenters. The van der Waals surface area contributed by atoms with Crippen molar-refractivity contribution in [2.75, 3.05) is 0 Å². The molecule has 1 unspecified atom stereocenters. The lowest BCUT2D eigenvalue weighted by Crippen LogP contribution is -2.34. The van der Waals surface area contributed by atoms with Gasteiger partial charge in [0.2, 0.25) is 0 Å². The van der Waals surface area contributed by atoms with E-state index in [1.54, 1.807) is 0 Å². The molecule has 0 saturated carbocycles. The second-order valence-corrected chi connectivity index (χ2v) is 6.90. The largest absolute Gasteiger partial charge is 0.369 e. The minimum absolute atomic E-state index is 0.214. The van der Waals surface area contributed by atoms with Crippen LogP contribution < -0.4 is 5.32 Å². The molecule has 19 heavy (non-hydrogen) atoms. The number of hydrogen-bond donors (Lipinski definition) is 1. The van der Waals surface area contributed by atoms with Crippen molar-refractivity contribution in [3.8, 4) is 0 Å². The maximum atomic E-state index is 6.10. The Bertz CT molecular complexity index is 480. The predicted molar refractivity (Wildman–Crippen MR) is 92.0 cm³/mol. The third-order valence-electron chi connectivity index (χ3n) is 3.02. The molecule has 0 radical (unpaired) electrons. The van der Waals surface area contributed by atoms with Crippen molar-refractivity contribution in [2.24, 2.45) is 0 Å². The van der Waals surface area contributed by atoms with Crippen LogP contribution in [-0.2, 0) is 0 Å². The third kappa shape index (κ3) is 4.19. The lowest BCUT2D eigenvalue weighted by atomic mass is 10.0. The fourth-order valence-corrected chi connectivity index (χ4v) is 3.78. The van der Waals surface area contributed by atoms with Crippen LogP contribution in [0.4, 0.5) is 0 Å². The van der Waals surface area contributed by atoms with Gasteiger partial charge in [-0.1, -0.05) is 67.8 Å². The molecule has 1 aromatic rings. The van der Waals surface area contributed by atoms with Crippen LogP contribution in [0.5, 0.6) is 0 Å². The van der Waals surface area contributed by atoms with Gasteiger partial charge in [0.25, 0.3) is 0 Å². The van der Waals surface area contributed by atoms with Gasteiger partial charge in [0.15, 0.2) is 0 Å². The molecule has 0 fully saturated rings. The quantitative estimate of drug-likeness (QED) is 0.523. The summed E-state index contributed by atoms with van der Waals surface area (Å²) >= 11 is 19.0. The predicted octanol–water partition coefficient (Wildman–Crippen LogP) is 5.76. The SMILES string of the molecule is C=C(CCC)C(CC)NC(=S)c1sc(Cl)c(Cl)c1C. The molecule has 0 amide bonds. The van der Waals surface area contributed by atoms with E-state index in [9.17, 15) is 0 Å². The first-order valence-electron chi connectivity index (χ1n) is 6.35. The van der Waals surface area contributed by atoms with E-state index in [-0.39, 0.29) is 6.04 Å². The molecule has 5 heteroatoms. The van der Waals surface area contributed by atoms with Gasteiger partial charge in [-0.25, -0.2) is 0 Å². The van der Waals surface area contributed by atoms with Crippen LogP contribution in [0.25, 0.3) is 0 Å². The highest BCUT2D eigenvalue weighted by atomic mass is 35.5. The molecule has 0 aliphatic rings. The van der Waals surface area contributed by atoms with Crippen LogP contribution in [-0.4, -0.2) is 11.0 Å². The summed E-state index contributed by atoms with van der Waals surface area (Å²) in [5.74, 6) is 0. The number of nitrogens with one attached hydrogen (secondary N) is 1. The van der Waals surface area contributed by atoms with E-state index >= 15 is 0 Å². The van der Waals surface area contributed by atoms with Gasteiger partial charge < -0.3 is 5.32 Å². The van der Waals surface area contributed by atoms with E-state index in [1.165, 1.54) is 16.9 Å². The molecule has 106 valence electrons. The van der Waals surface area contributed by atoms with Gasteiger partial charge in [0.05, 0.1) is 9.90 Å². The summed E-state index contributed by atoms with van der Waals surface area (Å²) < 4.78 is 0.596. The van der Waals surface area contributed by atoms with Gasteiger partial charge in [0.1, 0.15) is 9.32 Å². The van der Waals surface area contributed by atoms with Crippen LogP contribution >= 0.6 is 46.8 Å². The number of thiocarbonyl (C=S) groups is 1. The van der Waals surface area contributed by atoms with E-state index < -0.39 is 0 Å². The number of halogens is 2. The highest BCUT2D eigenvalue weighted by Crippen LogP contribution is 2.36. The molecule has 0 aliphatic carbocycles. The van der Waals surface area contributed by atoms with Crippen molar-refractivity contribution in [3.63, 3.8) is 0 Å². The maximum Gasteiger partial charge on any atom is 0.117 e. The Morgan fingerprint density at radius 3 is 2.47 bits per heavy atom. The van der Waals surface area contributed by atoms with E-state index in [1.807, 2.05) is 6.92 Å². The van der Waals surface area contributed by atoms with Gasteiger partial charge >= 0.3 is 0 Å². The zero-order chi connectivity index (χ0) is 14.6. The lowest BCUT2D eigenvalue weighted by molar-refractivity contribution is 0.640. The number of thiophene rings is 1. The summed E-state index contributed by atoms with van der Waals surface area (Å²) in [5.41, 5.74) is 2.14. The second kappa shape index (κ2) is 7.63. The Morgan fingerprint density at radius 1 is 1.42 bits per heavy atom. The summed E-state index contributed by atoms with van der Waals surface area (Å²) in [5, 5.41) is 3.98. The molecule has 1 aromatic heterocycles. The Labute approximate surface area is 135 Å². The molecule has 0 saturated heterocycles. The van der Waals surface area contributed by atoms with Gasteiger partial charge in [-0.05, 0) is 25.3 Å². The Hall–Kier alpha value is -0.0900. The fraction of sp³-hybridized carbons (Fsp3) is 0.500. The van der Waals surface area contributed by atoms with Crippen LogP contribution in [0.3, 0.4) is 0 Å². The fourth-order valence-electron chi connectivity index (χ4n) is 1.89. The molecule has 0 aromatic carbocycles. The van der Waals surface area contributed by atoms with E-state index in [0.717, 1.165) is 29.7 Å². The summed E-state index contributed by atoms with van der Waals surface area (Å²) in [6.07, 6.45) is 3.07. The smallest absolute Gasteiger partial charge is 0.117 e. The van der Waals surface area contributed by atoms with Crippen molar-refractivity contribution in [2.45, 2.75) is 46.1 Å². The molecule has 1 N–H and O–H groups in total. The Balaban J connectivity index is 2.83. The molecule has 1 nitrogen and oxygen atoms in total. The minimum atomic E-state index is 0.214. The highest BCUT2D eigenvalue weighted by Gasteiger charge is 2.18. The standard InChI is InChI=1S/C14H19Cl2NS2/c1-5-7-8(3)10(6-2)17-14(18)12-9(4)11(15)13(16)19-12/h10H,3,5-7H2,1-2,4H3,(H,17,18). The average molecular weight is 336 g/mol. The van der Waals surface area contributed by atoms with Crippen LogP contribution in [0.15, 0.2) is 12.2 Å². The van der Waals surface area contributed by atoms with Gasteiger partial charge in [-0.15, -0.1) is 11.3 Å². The zero-order valence-electron chi connectivity index (χ0n) is 11.5. The highest BCUT2D eigenvalue weighted by molar-refractivity contribution is 7.81. The Kier molecular flexibility index (Phi) is 6.81. The van der Waals surface area contributed by atoms with E-state index in [0.29, 0.717) is 14.3 Å². The monoisotopic (exact) mass is 335 g/mol. The molecule has 1 heterocycles. The topological polar surface area (TPSA) is 12.0 Å². The first-order chi connectivity index (χ1) is 8.92. The van der Waals surface area contributed by atoms with Gasteiger partial charge in [-0.3, -0.25) is 0 Å². The second-order valence-electron chi connectivity index (χ2n) is 4.49. The molecule has 0 aliphatic heterocycles. The molecular weight excluding hydrogens is 317 g/mol. The zero-order valence-corrected chi connectivity index (χ0v) is 14.6. The van der Waals surface area contributed by atoms with Crippen molar-refractivity contribution >= 4 is 51.7 Å². The molecule has 1 rings (SSSR count). The minimum Gasteiger partial charge on any atom is -0.369 e. The van der Waals surface area contributed by atoms with Crippen molar-refractivity contribution in [1.82, 2.24) is 5.32 Å². The van der Waals surface area contributed by atoms with Gasteiger partial charge in [0, 0.05) is 6.04 Å². The van der Waals surface area contributed by atoms with E-state index in [4.69, 9.17) is 35.4 Å². The summed E-state index contributed by atoms with van der Waals surface area (Å²) in [6.45, 7) is 10.4. The van der Waals surface area contributed by atoms with Crippen LogP contribution in [0, 0.1) is 6.92 Å². The average Bonchev–Trinajstić information content (AvgIpc) is 2.63. The van der Waals surface area contributed by atoms with Crippen LogP contribution in [0.1, 0.15) is 43.6 Å². The third-order valence-corrected chi connectivity index (χ3v) is 5.67. The molecule has 0 bridgehead atoms. The van der Waals surface area contributed by atoms with Gasteiger partial charge in [-0.2, -0.15) is 0 Å². The lowest BCUT2D eigenvalue weighted by Gasteiger charge is -2.21. The van der Waals surface area contributed by atoms with E-state index in [2.05, 4.69) is 25.7 Å². The molecule has 0 spiro atoms. The first kappa shape index (κ1) is 17.0. The van der Waals surface area contributed by atoms with Crippen molar-refractivity contribution in [1.29, 1.82) is 0 Å². The van der Waals surface area contributed by atoms with Crippen molar-refractivity contribution in [3.05, 3.63) is 32.0 Å². The normalized spacial score (nSPS) is 12.3.